The number of hydrogen-bond donors (Lipinski definition) is 1. The van der Waals surface area contributed by atoms with Gasteiger partial charge in [0.15, 0.2) is 0 Å². The zero-order valence-electron chi connectivity index (χ0n) is 19.6. The van der Waals surface area contributed by atoms with Crippen LogP contribution in [0.4, 0.5) is 18.0 Å². The van der Waals surface area contributed by atoms with Crippen LogP contribution in [-0.2, 0) is 22.3 Å². The molecule has 1 aromatic carbocycles. The molecule has 198 valence electrons. The topological polar surface area (TPSA) is 120 Å². The SMILES string of the molecule is O=C(O)c1cn(C2CCC(N3CCOC3=O)CC2)c(=O)n([C@@H]2COCc3c2cccc3C(F)(F)F)c1=O. The molecule has 13 heteroatoms. The molecular weight excluding hydrogens is 499 g/mol. The highest BCUT2D eigenvalue weighted by molar-refractivity contribution is 5.86. The molecule has 1 saturated carbocycles. The smallest absolute Gasteiger partial charge is 0.416 e. The van der Waals surface area contributed by atoms with Crippen LogP contribution in [0.1, 0.15) is 64.8 Å². The second-order valence-electron chi connectivity index (χ2n) is 9.39. The minimum atomic E-state index is -4.68. The number of aromatic nitrogens is 2. The number of benzene rings is 1. The van der Waals surface area contributed by atoms with Gasteiger partial charge in [0.05, 0.1) is 31.4 Å². The number of hydrogen-bond acceptors (Lipinski definition) is 6. The maximum Gasteiger partial charge on any atom is 0.416 e. The number of nitrogens with zero attached hydrogens (tertiary/aromatic N) is 3. The molecule has 5 rings (SSSR count). The molecule has 1 atom stereocenters. The number of alkyl halides is 3. The number of halogens is 3. The number of rotatable bonds is 4. The molecule has 1 saturated heterocycles. The number of amides is 1. The zero-order chi connectivity index (χ0) is 26.5. The summed E-state index contributed by atoms with van der Waals surface area (Å²) in [6, 6.07) is 1.71. The van der Waals surface area contributed by atoms with E-state index in [1.807, 2.05) is 0 Å². The summed E-state index contributed by atoms with van der Waals surface area (Å²) in [6.45, 7) is 0.164. The van der Waals surface area contributed by atoms with Crippen molar-refractivity contribution in [3.05, 3.63) is 67.5 Å². The molecule has 3 aliphatic rings. The van der Waals surface area contributed by atoms with E-state index in [9.17, 15) is 37.5 Å². The number of fused-ring (bicyclic) bond motifs is 1. The summed E-state index contributed by atoms with van der Waals surface area (Å²) in [6.07, 6.45) is -2.11. The summed E-state index contributed by atoms with van der Waals surface area (Å²) in [5.41, 5.74) is -3.63. The van der Waals surface area contributed by atoms with E-state index in [4.69, 9.17) is 9.47 Å². The molecule has 37 heavy (non-hydrogen) atoms. The van der Waals surface area contributed by atoms with E-state index in [-0.39, 0.29) is 30.4 Å². The largest absolute Gasteiger partial charge is 0.477 e. The van der Waals surface area contributed by atoms with Gasteiger partial charge in [0.1, 0.15) is 12.2 Å². The van der Waals surface area contributed by atoms with E-state index in [0.29, 0.717) is 43.4 Å². The van der Waals surface area contributed by atoms with Crippen molar-refractivity contribution < 1.29 is 37.3 Å². The lowest BCUT2D eigenvalue weighted by Crippen LogP contribution is -2.48. The van der Waals surface area contributed by atoms with Crippen molar-refractivity contribution >= 4 is 12.1 Å². The highest BCUT2D eigenvalue weighted by Crippen LogP contribution is 2.38. The van der Waals surface area contributed by atoms with Crippen LogP contribution in [0.2, 0.25) is 0 Å². The Balaban J connectivity index is 1.55. The monoisotopic (exact) mass is 523 g/mol. The number of ether oxygens (including phenoxy) is 2. The molecule has 0 unspecified atom stereocenters. The number of carbonyl (C=O) groups excluding carboxylic acids is 1. The van der Waals surface area contributed by atoms with Crippen LogP contribution < -0.4 is 11.2 Å². The molecule has 1 amide bonds. The highest BCUT2D eigenvalue weighted by Gasteiger charge is 2.39. The van der Waals surface area contributed by atoms with Crippen molar-refractivity contribution in [2.75, 3.05) is 19.8 Å². The number of carboxylic acid groups (broad SMARTS) is 1. The van der Waals surface area contributed by atoms with Gasteiger partial charge in [-0.05, 0) is 42.9 Å². The second-order valence-corrected chi connectivity index (χ2v) is 9.39. The third-order valence-electron chi connectivity index (χ3n) is 7.38. The first-order valence-electron chi connectivity index (χ1n) is 11.9. The summed E-state index contributed by atoms with van der Waals surface area (Å²) in [4.78, 5) is 52.2. The van der Waals surface area contributed by atoms with Gasteiger partial charge in [-0.1, -0.05) is 12.1 Å². The van der Waals surface area contributed by atoms with Crippen molar-refractivity contribution in [2.45, 2.75) is 56.6 Å². The molecule has 0 spiro atoms. The average Bonchev–Trinajstić information content (AvgIpc) is 3.29. The maximum atomic E-state index is 13.6. The van der Waals surface area contributed by atoms with Gasteiger partial charge in [-0.3, -0.25) is 9.36 Å². The molecule has 0 bridgehead atoms. The van der Waals surface area contributed by atoms with Crippen LogP contribution in [0.25, 0.3) is 0 Å². The van der Waals surface area contributed by atoms with Gasteiger partial charge in [0.25, 0.3) is 5.56 Å². The quantitative estimate of drug-likeness (QED) is 0.655. The van der Waals surface area contributed by atoms with E-state index in [1.54, 1.807) is 4.90 Å². The van der Waals surface area contributed by atoms with Crippen LogP contribution >= 0.6 is 0 Å². The van der Waals surface area contributed by atoms with E-state index in [1.165, 1.54) is 16.7 Å². The van der Waals surface area contributed by atoms with Crippen LogP contribution in [0, 0.1) is 0 Å². The second kappa shape index (κ2) is 9.36. The Kier molecular flexibility index (Phi) is 6.34. The predicted octanol–water partition coefficient (Wildman–Crippen LogP) is 2.78. The Morgan fingerprint density at radius 1 is 1.05 bits per heavy atom. The van der Waals surface area contributed by atoms with E-state index in [0.717, 1.165) is 12.3 Å². The molecule has 1 N–H and O–H groups in total. The van der Waals surface area contributed by atoms with Crippen molar-refractivity contribution in [2.24, 2.45) is 0 Å². The summed E-state index contributed by atoms with van der Waals surface area (Å²) in [5, 5.41) is 9.70. The van der Waals surface area contributed by atoms with E-state index in [2.05, 4.69) is 0 Å². The van der Waals surface area contributed by atoms with Crippen LogP contribution in [0.5, 0.6) is 0 Å². The minimum absolute atomic E-state index is 0.0776. The van der Waals surface area contributed by atoms with Crippen molar-refractivity contribution in [1.82, 2.24) is 14.0 Å². The Morgan fingerprint density at radius 2 is 1.76 bits per heavy atom. The zero-order valence-corrected chi connectivity index (χ0v) is 19.6. The van der Waals surface area contributed by atoms with E-state index < -0.39 is 52.7 Å². The van der Waals surface area contributed by atoms with Gasteiger partial charge < -0.3 is 19.5 Å². The van der Waals surface area contributed by atoms with Crippen molar-refractivity contribution in [3.63, 3.8) is 0 Å². The lowest BCUT2D eigenvalue weighted by molar-refractivity contribution is -0.139. The van der Waals surface area contributed by atoms with Crippen LogP contribution in [0.3, 0.4) is 0 Å². The Bertz CT molecular complexity index is 1360. The van der Waals surface area contributed by atoms with Gasteiger partial charge in [-0.15, -0.1) is 0 Å². The maximum absolute atomic E-state index is 13.6. The van der Waals surface area contributed by atoms with Gasteiger partial charge in [-0.2, -0.15) is 13.2 Å². The molecule has 0 radical (unpaired) electrons. The first-order chi connectivity index (χ1) is 17.6. The first kappa shape index (κ1) is 25.1. The third kappa shape index (κ3) is 4.41. The standard InChI is InChI=1S/C24H24F3N3O7/c25-24(26,27)18-3-1-2-15-17(18)11-36-12-19(15)30-20(31)16(21(32)33)10-29(22(30)34)14-6-4-13(5-7-14)28-8-9-37-23(28)35/h1-3,10,13-14,19H,4-9,11-12H2,(H,32,33)/t13?,14?,19-/m1/s1. The fraction of sp³-hybridized carbons (Fsp3) is 0.500. The first-order valence-corrected chi connectivity index (χ1v) is 11.9. The Labute approximate surface area is 207 Å². The van der Waals surface area contributed by atoms with E-state index >= 15 is 0 Å². The number of aromatic carboxylic acids is 1. The lowest BCUT2D eigenvalue weighted by Gasteiger charge is -2.34. The summed E-state index contributed by atoms with van der Waals surface area (Å²) in [5.74, 6) is -1.55. The third-order valence-corrected chi connectivity index (χ3v) is 7.38. The van der Waals surface area contributed by atoms with Crippen LogP contribution in [0.15, 0.2) is 34.0 Å². The van der Waals surface area contributed by atoms with Gasteiger partial charge in [0, 0.05) is 18.3 Å². The molecule has 1 aliphatic carbocycles. The molecule has 1 aromatic heterocycles. The molecular formula is C24H24F3N3O7. The highest BCUT2D eigenvalue weighted by atomic mass is 19.4. The van der Waals surface area contributed by atoms with Crippen LogP contribution in [-0.4, -0.2) is 57.0 Å². The Morgan fingerprint density at radius 3 is 2.38 bits per heavy atom. The fourth-order valence-electron chi connectivity index (χ4n) is 5.58. The summed E-state index contributed by atoms with van der Waals surface area (Å²) < 4.78 is 53.1. The van der Waals surface area contributed by atoms with Crippen molar-refractivity contribution in [3.8, 4) is 0 Å². The molecule has 2 fully saturated rings. The fourth-order valence-corrected chi connectivity index (χ4v) is 5.58. The van der Waals surface area contributed by atoms with Crippen molar-refractivity contribution in [1.29, 1.82) is 0 Å². The number of cyclic esters (lactones) is 1. The number of carbonyl (C=O) groups is 2. The molecule has 2 aromatic rings. The molecule has 3 heterocycles. The number of carboxylic acids is 1. The van der Waals surface area contributed by atoms with Gasteiger partial charge in [0.2, 0.25) is 0 Å². The average molecular weight is 523 g/mol. The van der Waals surface area contributed by atoms with Gasteiger partial charge >= 0.3 is 23.9 Å². The normalized spacial score (nSPS) is 24.0. The molecule has 2 aliphatic heterocycles. The lowest BCUT2D eigenvalue weighted by atomic mass is 9.90. The summed E-state index contributed by atoms with van der Waals surface area (Å²) in [7, 11) is 0. The Hall–Kier alpha value is -3.61. The minimum Gasteiger partial charge on any atom is -0.477 e. The molecule has 10 nitrogen and oxygen atoms in total. The predicted molar refractivity (Wildman–Crippen MR) is 121 cm³/mol. The summed E-state index contributed by atoms with van der Waals surface area (Å²) >= 11 is 0. The van der Waals surface area contributed by atoms with Gasteiger partial charge in [-0.25, -0.2) is 19.0 Å².